The number of carbonyl (C=O) groups is 1. The topological polar surface area (TPSA) is 49.8 Å². The average molecular weight is 500 g/mol. The molecule has 1 N–H and O–H groups in total. The predicted molar refractivity (Wildman–Crippen MR) is 147 cm³/mol. The summed E-state index contributed by atoms with van der Waals surface area (Å²) in [7, 11) is 0. The Kier molecular flexibility index (Phi) is 8.74. The van der Waals surface area contributed by atoms with Crippen molar-refractivity contribution in [3.05, 3.63) is 101 Å². The molecule has 186 valence electrons. The zero-order valence-electron chi connectivity index (χ0n) is 20.9. The summed E-state index contributed by atoms with van der Waals surface area (Å²) in [6.07, 6.45) is 0.0715. The van der Waals surface area contributed by atoms with Crippen LogP contribution in [0.5, 0.6) is 5.75 Å². The van der Waals surface area contributed by atoms with E-state index in [0.717, 1.165) is 36.5 Å². The quantitative estimate of drug-likeness (QED) is 0.247. The zero-order valence-corrected chi connectivity index (χ0v) is 21.7. The molecule has 36 heavy (non-hydrogen) atoms. The minimum atomic E-state index is -0.815. The molecular formula is C31H33NO3S. The molecule has 3 aromatic carbocycles. The molecule has 2 unspecified atom stereocenters. The van der Waals surface area contributed by atoms with Gasteiger partial charge in [-0.15, -0.1) is 5.92 Å². The highest BCUT2D eigenvalue weighted by Crippen LogP contribution is 2.35. The number of benzene rings is 3. The number of hydrogen-bond donors (Lipinski definition) is 2. The fourth-order valence-corrected chi connectivity index (χ4v) is 5.29. The van der Waals surface area contributed by atoms with Gasteiger partial charge in [-0.3, -0.25) is 9.69 Å². The summed E-state index contributed by atoms with van der Waals surface area (Å²) < 4.78 is 6.01. The smallest absolute Gasteiger partial charge is 0.303 e. The molecular weight excluding hydrogens is 466 g/mol. The van der Waals surface area contributed by atoms with E-state index in [-0.39, 0.29) is 23.5 Å². The van der Waals surface area contributed by atoms with Crippen LogP contribution in [-0.4, -0.2) is 16.0 Å². The van der Waals surface area contributed by atoms with Crippen LogP contribution in [0.2, 0.25) is 0 Å². The summed E-state index contributed by atoms with van der Waals surface area (Å²) in [6.45, 7) is 7.15. The first-order valence-corrected chi connectivity index (χ1v) is 12.9. The molecule has 0 radical (unpaired) electrons. The molecule has 4 rings (SSSR count). The molecule has 1 aliphatic heterocycles. The molecule has 0 saturated heterocycles. The fraction of sp³-hybridized carbons (Fsp3) is 0.323. The Bertz CT molecular complexity index is 1200. The molecule has 0 spiro atoms. The first kappa shape index (κ1) is 25.9. The number of ether oxygens (including phenoxy) is 1. The molecule has 3 atom stereocenters. The summed E-state index contributed by atoms with van der Waals surface area (Å²) >= 11 is 4.78. The normalized spacial score (nSPS) is 15.3. The molecule has 4 nitrogen and oxygen atoms in total. The first-order valence-electron chi connectivity index (χ1n) is 12.3. The van der Waals surface area contributed by atoms with E-state index in [1.54, 1.807) is 6.92 Å². The Morgan fingerprint density at radius 2 is 1.61 bits per heavy atom. The first-order chi connectivity index (χ1) is 17.4. The summed E-state index contributed by atoms with van der Waals surface area (Å²) in [5.41, 5.74) is 6.30. The van der Waals surface area contributed by atoms with Crippen molar-refractivity contribution >= 4 is 18.6 Å². The van der Waals surface area contributed by atoms with Crippen LogP contribution in [-0.2, 0) is 31.0 Å². The van der Waals surface area contributed by atoms with E-state index in [1.165, 1.54) is 16.7 Å². The second-order valence-corrected chi connectivity index (χ2v) is 10.1. The van der Waals surface area contributed by atoms with Crippen molar-refractivity contribution in [2.75, 3.05) is 0 Å². The summed E-state index contributed by atoms with van der Waals surface area (Å²) in [6, 6.07) is 25.2. The zero-order chi connectivity index (χ0) is 25.5. The van der Waals surface area contributed by atoms with Crippen LogP contribution in [0.1, 0.15) is 53.3 Å². The maximum absolute atomic E-state index is 11.2. The van der Waals surface area contributed by atoms with Gasteiger partial charge in [0.15, 0.2) is 0 Å². The molecule has 5 heteroatoms. The van der Waals surface area contributed by atoms with Gasteiger partial charge in [-0.25, -0.2) is 0 Å². The molecule has 1 aliphatic rings. The molecule has 0 aliphatic carbocycles. The van der Waals surface area contributed by atoms with Crippen LogP contribution < -0.4 is 4.74 Å². The highest BCUT2D eigenvalue weighted by Gasteiger charge is 2.26. The molecule has 0 fully saturated rings. The van der Waals surface area contributed by atoms with Crippen LogP contribution >= 0.6 is 12.6 Å². The van der Waals surface area contributed by atoms with Crippen LogP contribution in [0.15, 0.2) is 72.8 Å². The lowest BCUT2D eigenvalue weighted by molar-refractivity contribution is -0.138. The average Bonchev–Trinajstić information content (AvgIpc) is 3.28. The van der Waals surface area contributed by atoms with Gasteiger partial charge in [0.2, 0.25) is 0 Å². The third-order valence-corrected chi connectivity index (χ3v) is 7.34. The van der Waals surface area contributed by atoms with Gasteiger partial charge in [-0.05, 0) is 52.8 Å². The number of aliphatic carboxylic acids is 1. The van der Waals surface area contributed by atoms with E-state index >= 15 is 0 Å². The monoisotopic (exact) mass is 499 g/mol. The van der Waals surface area contributed by atoms with E-state index in [4.69, 9.17) is 22.5 Å². The summed E-state index contributed by atoms with van der Waals surface area (Å²) in [5.74, 6) is 5.81. The number of thiol groups is 1. The van der Waals surface area contributed by atoms with E-state index < -0.39 is 5.97 Å². The minimum absolute atomic E-state index is 0.0715. The van der Waals surface area contributed by atoms with Crippen molar-refractivity contribution in [1.82, 2.24) is 4.90 Å². The molecule has 0 amide bonds. The maximum atomic E-state index is 11.2. The molecule has 1 heterocycles. The van der Waals surface area contributed by atoms with Gasteiger partial charge >= 0.3 is 5.97 Å². The van der Waals surface area contributed by atoms with Crippen molar-refractivity contribution in [2.24, 2.45) is 11.8 Å². The van der Waals surface area contributed by atoms with Gasteiger partial charge in [-0.1, -0.05) is 73.5 Å². The summed E-state index contributed by atoms with van der Waals surface area (Å²) in [4.78, 5) is 13.6. The Labute approximate surface area is 219 Å². The lowest BCUT2D eigenvalue weighted by Crippen LogP contribution is -2.18. The van der Waals surface area contributed by atoms with Crippen molar-refractivity contribution in [1.29, 1.82) is 0 Å². The van der Waals surface area contributed by atoms with E-state index in [0.29, 0.717) is 6.61 Å². The highest BCUT2D eigenvalue weighted by molar-refractivity contribution is 7.80. The molecule has 0 aromatic heterocycles. The molecule has 0 saturated carbocycles. The fourth-order valence-electron chi connectivity index (χ4n) is 4.75. The van der Waals surface area contributed by atoms with Gasteiger partial charge in [0, 0.05) is 37.2 Å². The van der Waals surface area contributed by atoms with Crippen LogP contribution in [0.3, 0.4) is 0 Å². The van der Waals surface area contributed by atoms with Gasteiger partial charge in [0.25, 0.3) is 0 Å². The van der Waals surface area contributed by atoms with Crippen LogP contribution in [0, 0.1) is 23.7 Å². The Hall–Kier alpha value is -3.20. The minimum Gasteiger partial charge on any atom is -0.489 e. The van der Waals surface area contributed by atoms with E-state index in [9.17, 15) is 4.79 Å². The van der Waals surface area contributed by atoms with Gasteiger partial charge in [0.1, 0.15) is 12.4 Å². The largest absolute Gasteiger partial charge is 0.489 e. The third kappa shape index (κ3) is 6.72. The second kappa shape index (κ2) is 12.2. The van der Waals surface area contributed by atoms with Crippen LogP contribution in [0.4, 0.5) is 0 Å². The SMILES string of the molecule is CC#C[C@@H](C(C)CC(=O)O)C(S)c1ccc(OCc2ccc(CN3Cc4ccccc4C3)cc2)cc1. The lowest BCUT2D eigenvalue weighted by Gasteiger charge is -2.24. The Morgan fingerprint density at radius 1 is 1.00 bits per heavy atom. The number of carboxylic acids is 1. The van der Waals surface area contributed by atoms with E-state index in [2.05, 4.69) is 65.3 Å². The van der Waals surface area contributed by atoms with Crippen molar-refractivity contribution in [3.63, 3.8) is 0 Å². The summed E-state index contributed by atoms with van der Waals surface area (Å²) in [5, 5.41) is 8.99. The maximum Gasteiger partial charge on any atom is 0.303 e. The van der Waals surface area contributed by atoms with Gasteiger partial charge < -0.3 is 9.84 Å². The standard InChI is InChI=1S/C31H33NO3S/c1-3-6-29(22(2)17-30(33)34)31(36)25-13-15-28(16-14-25)35-21-24-11-9-23(10-12-24)18-32-19-26-7-4-5-8-27(26)20-32/h4-5,7-16,22,29,31,36H,17-21H2,1-2H3,(H,33,34)/t22?,29-,31?/m0/s1. The van der Waals surface area contributed by atoms with Crippen molar-refractivity contribution in [2.45, 2.75) is 51.8 Å². The number of carboxylic acid groups (broad SMARTS) is 1. The predicted octanol–water partition coefficient (Wildman–Crippen LogP) is 6.50. The third-order valence-electron chi connectivity index (χ3n) is 6.72. The van der Waals surface area contributed by atoms with Crippen LogP contribution in [0.25, 0.3) is 0 Å². The van der Waals surface area contributed by atoms with Gasteiger partial charge in [-0.2, -0.15) is 12.6 Å². The lowest BCUT2D eigenvalue weighted by atomic mass is 9.86. The number of hydrogen-bond acceptors (Lipinski definition) is 4. The Morgan fingerprint density at radius 3 is 2.19 bits per heavy atom. The Balaban J connectivity index is 1.29. The highest BCUT2D eigenvalue weighted by atomic mass is 32.1. The number of rotatable bonds is 10. The number of fused-ring (bicyclic) bond motifs is 1. The van der Waals surface area contributed by atoms with Crippen molar-refractivity contribution < 1.29 is 14.6 Å². The molecule has 0 bridgehead atoms. The number of nitrogens with zero attached hydrogens (tertiary/aromatic N) is 1. The van der Waals surface area contributed by atoms with Gasteiger partial charge in [0.05, 0.1) is 0 Å². The second-order valence-electron chi connectivity index (χ2n) is 9.53. The van der Waals surface area contributed by atoms with E-state index in [1.807, 2.05) is 31.2 Å². The van der Waals surface area contributed by atoms with Crippen molar-refractivity contribution in [3.8, 4) is 17.6 Å². The molecule has 3 aromatic rings.